The van der Waals surface area contributed by atoms with Crippen LogP contribution in [0.1, 0.15) is 83.5 Å². The highest BCUT2D eigenvalue weighted by atomic mass is 32.2. The van der Waals surface area contributed by atoms with Gasteiger partial charge in [-0.3, -0.25) is 9.59 Å². The molecular weight excluding hydrogens is 520 g/mol. The number of anilines is 1. The van der Waals surface area contributed by atoms with Crippen molar-refractivity contribution >= 4 is 38.2 Å². The zero-order chi connectivity index (χ0) is 27.3. The number of thiophene rings is 1. The topological polar surface area (TPSA) is 90.0 Å². The predicted octanol–water partition coefficient (Wildman–Crippen LogP) is 4.82. The van der Waals surface area contributed by atoms with Gasteiger partial charge in [0, 0.05) is 49.7 Å². The van der Waals surface area contributed by atoms with Crippen LogP contribution in [0.15, 0.2) is 29.2 Å². The first-order valence-corrected chi connectivity index (χ1v) is 16.1. The van der Waals surface area contributed by atoms with Gasteiger partial charge in [-0.2, -0.15) is 4.31 Å². The molecule has 10 heteroatoms. The number of sulfonamides is 1. The molecule has 2 amide bonds. The Morgan fingerprint density at radius 2 is 1.61 bits per heavy atom. The van der Waals surface area contributed by atoms with Crippen molar-refractivity contribution in [2.75, 3.05) is 45.1 Å². The van der Waals surface area contributed by atoms with E-state index in [1.54, 1.807) is 16.4 Å². The third-order valence-corrected chi connectivity index (χ3v) is 10.3. The summed E-state index contributed by atoms with van der Waals surface area (Å²) in [5.41, 5.74) is 2.03. The van der Waals surface area contributed by atoms with E-state index in [-0.39, 0.29) is 16.7 Å². The van der Waals surface area contributed by atoms with Crippen molar-refractivity contribution in [2.45, 2.75) is 70.2 Å². The van der Waals surface area contributed by atoms with Gasteiger partial charge in [0.05, 0.1) is 10.5 Å². The van der Waals surface area contributed by atoms with Crippen molar-refractivity contribution in [2.24, 2.45) is 0 Å². The minimum atomic E-state index is -3.58. The lowest BCUT2D eigenvalue weighted by atomic mass is 10.0. The maximum atomic E-state index is 13.7. The van der Waals surface area contributed by atoms with Crippen LogP contribution < -0.4 is 5.32 Å². The van der Waals surface area contributed by atoms with Crippen LogP contribution in [0.4, 0.5) is 5.00 Å². The Balaban J connectivity index is 1.58. The van der Waals surface area contributed by atoms with E-state index in [0.717, 1.165) is 68.5 Å². The highest BCUT2D eigenvalue weighted by Crippen LogP contribution is 2.38. The maximum Gasteiger partial charge on any atom is 0.257 e. The van der Waals surface area contributed by atoms with Crippen LogP contribution in [-0.4, -0.2) is 74.1 Å². The molecule has 1 saturated heterocycles. The second kappa shape index (κ2) is 12.7. The summed E-state index contributed by atoms with van der Waals surface area (Å²) < 4.78 is 27.8. The lowest BCUT2D eigenvalue weighted by molar-refractivity contribution is 0.0755. The second-order valence-corrected chi connectivity index (χ2v) is 13.3. The molecule has 4 rings (SSSR count). The van der Waals surface area contributed by atoms with Crippen molar-refractivity contribution < 1.29 is 18.0 Å². The van der Waals surface area contributed by atoms with Crippen molar-refractivity contribution in [1.29, 1.82) is 0 Å². The van der Waals surface area contributed by atoms with Crippen LogP contribution in [-0.2, 0) is 23.0 Å². The summed E-state index contributed by atoms with van der Waals surface area (Å²) in [6, 6.07) is 6.15. The van der Waals surface area contributed by atoms with E-state index in [4.69, 9.17) is 0 Å². The number of hydrogen-bond acceptors (Lipinski definition) is 6. The van der Waals surface area contributed by atoms with Gasteiger partial charge in [0.2, 0.25) is 10.0 Å². The number of likely N-dealkylation sites (N-methyl/N-ethyl adjacent to an activating group) is 1. The van der Waals surface area contributed by atoms with Gasteiger partial charge in [-0.25, -0.2) is 8.42 Å². The number of nitrogens with one attached hydrogen (secondary N) is 1. The molecule has 2 aliphatic rings. The number of carbonyl (C=O) groups excluding carboxylic acids is 2. The third kappa shape index (κ3) is 6.30. The summed E-state index contributed by atoms with van der Waals surface area (Å²) in [5, 5.41) is 3.58. The molecule has 0 atom stereocenters. The highest BCUT2D eigenvalue weighted by molar-refractivity contribution is 7.89. The fourth-order valence-corrected chi connectivity index (χ4v) is 8.08. The SMILES string of the molecule is CCCN(CCC)C(=O)c1c(NC(=O)c2ccc(S(=O)(=O)N3CCCCCC3)cc2)sc2c1CCN(C)C2. The van der Waals surface area contributed by atoms with Crippen molar-refractivity contribution in [1.82, 2.24) is 14.1 Å². The molecule has 38 heavy (non-hydrogen) atoms. The molecule has 0 saturated carbocycles. The summed E-state index contributed by atoms with van der Waals surface area (Å²) in [4.78, 5) is 32.4. The van der Waals surface area contributed by atoms with E-state index >= 15 is 0 Å². The number of fused-ring (bicyclic) bond motifs is 1. The molecule has 3 heterocycles. The number of benzene rings is 1. The van der Waals surface area contributed by atoms with Crippen molar-refractivity contribution in [3.8, 4) is 0 Å². The van der Waals surface area contributed by atoms with Gasteiger partial charge < -0.3 is 15.1 Å². The van der Waals surface area contributed by atoms with E-state index in [1.807, 2.05) is 4.90 Å². The van der Waals surface area contributed by atoms with Crippen molar-refractivity contribution in [3.63, 3.8) is 0 Å². The largest absolute Gasteiger partial charge is 0.339 e. The Morgan fingerprint density at radius 3 is 2.21 bits per heavy atom. The molecule has 1 aromatic heterocycles. The number of rotatable bonds is 9. The van der Waals surface area contributed by atoms with E-state index in [1.165, 1.54) is 23.5 Å². The molecule has 1 fully saturated rings. The van der Waals surface area contributed by atoms with E-state index in [9.17, 15) is 18.0 Å². The highest BCUT2D eigenvalue weighted by Gasteiger charge is 2.30. The second-order valence-electron chi connectivity index (χ2n) is 10.3. The average molecular weight is 561 g/mol. The quantitative estimate of drug-likeness (QED) is 0.475. The van der Waals surface area contributed by atoms with Gasteiger partial charge in [-0.05, 0) is 69.0 Å². The molecule has 1 aromatic carbocycles. The minimum Gasteiger partial charge on any atom is -0.339 e. The first-order chi connectivity index (χ1) is 18.3. The van der Waals surface area contributed by atoms with Gasteiger partial charge in [0.25, 0.3) is 11.8 Å². The molecule has 2 aromatic rings. The number of nitrogens with zero attached hydrogens (tertiary/aromatic N) is 3. The average Bonchev–Trinajstić information content (AvgIpc) is 3.05. The monoisotopic (exact) mass is 560 g/mol. The fourth-order valence-electron chi connectivity index (χ4n) is 5.24. The molecule has 0 radical (unpaired) electrons. The Kier molecular flexibility index (Phi) is 9.62. The van der Waals surface area contributed by atoms with Crippen LogP contribution >= 0.6 is 11.3 Å². The number of carbonyl (C=O) groups is 2. The lowest BCUT2D eigenvalue weighted by Crippen LogP contribution is -2.34. The molecule has 0 unspecified atom stereocenters. The molecule has 0 spiro atoms. The Bertz CT molecular complexity index is 1230. The molecule has 0 aliphatic carbocycles. The Hall–Kier alpha value is -2.27. The van der Waals surface area contributed by atoms with Gasteiger partial charge in [0.1, 0.15) is 5.00 Å². The van der Waals surface area contributed by atoms with Crippen LogP contribution in [0.2, 0.25) is 0 Å². The maximum absolute atomic E-state index is 13.7. The Morgan fingerprint density at radius 1 is 0.974 bits per heavy atom. The van der Waals surface area contributed by atoms with Crippen LogP contribution in [0, 0.1) is 0 Å². The summed E-state index contributed by atoms with van der Waals surface area (Å²) in [7, 11) is -1.52. The zero-order valence-electron chi connectivity index (χ0n) is 22.8. The summed E-state index contributed by atoms with van der Waals surface area (Å²) >= 11 is 1.48. The zero-order valence-corrected chi connectivity index (χ0v) is 24.4. The van der Waals surface area contributed by atoms with Gasteiger partial charge >= 0.3 is 0 Å². The fraction of sp³-hybridized carbons (Fsp3) is 0.571. The van der Waals surface area contributed by atoms with Gasteiger partial charge in [-0.1, -0.05) is 26.7 Å². The number of hydrogen-bond donors (Lipinski definition) is 1. The lowest BCUT2D eigenvalue weighted by Gasteiger charge is -2.25. The normalized spacial score (nSPS) is 17.0. The summed E-state index contributed by atoms with van der Waals surface area (Å²) in [5.74, 6) is -0.368. The van der Waals surface area contributed by atoms with Crippen LogP contribution in [0.3, 0.4) is 0 Å². The first kappa shape index (κ1) is 28.7. The molecular formula is C28H40N4O4S2. The van der Waals surface area contributed by atoms with Crippen LogP contribution in [0.25, 0.3) is 0 Å². The van der Waals surface area contributed by atoms with Crippen molar-refractivity contribution in [3.05, 3.63) is 45.8 Å². The van der Waals surface area contributed by atoms with Crippen LogP contribution in [0.5, 0.6) is 0 Å². The minimum absolute atomic E-state index is 0.0232. The predicted molar refractivity (Wildman–Crippen MR) is 152 cm³/mol. The molecule has 8 nitrogen and oxygen atoms in total. The van der Waals surface area contributed by atoms with E-state index in [2.05, 4.69) is 31.1 Å². The third-order valence-electron chi connectivity index (χ3n) is 7.28. The molecule has 0 bridgehead atoms. The Labute approximate surface area is 231 Å². The standard InChI is InChI=1S/C28H40N4O4S2/c1-4-15-31(16-5-2)28(34)25-23-14-19-30(3)20-24(23)37-27(25)29-26(33)21-10-12-22(13-11-21)38(35,36)32-17-8-6-7-9-18-32/h10-13H,4-9,14-20H2,1-3H3,(H,29,33). The summed E-state index contributed by atoms with van der Waals surface area (Å²) in [6.45, 7) is 8.17. The van der Waals surface area contributed by atoms with Gasteiger partial charge in [-0.15, -0.1) is 11.3 Å². The molecule has 1 N–H and O–H groups in total. The number of amides is 2. The van der Waals surface area contributed by atoms with E-state index in [0.29, 0.717) is 42.3 Å². The van der Waals surface area contributed by atoms with Gasteiger partial charge in [0.15, 0.2) is 0 Å². The van der Waals surface area contributed by atoms with E-state index < -0.39 is 10.0 Å². The smallest absolute Gasteiger partial charge is 0.257 e. The first-order valence-electron chi connectivity index (χ1n) is 13.8. The summed E-state index contributed by atoms with van der Waals surface area (Å²) in [6.07, 6.45) is 6.35. The molecule has 208 valence electrons. The molecule has 2 aliphatic heterocycles.